The molecule has 0 saturated heterocycles. The van der Waals surface area contributed by atoms with Crippen molar-refractivity contribution in [1.29, 1.82) is 0 Å². The Morgan fingerprint density at radius 1 is 1.41 bits per heavy atom. The van der Waals surface area contributed by atoms with Crippen LogP contribution in [0, 0.1) is 5.92 Å². The van der Waals surface area contributed by atoms with Crippen LogP contribution in [0.3, 0.4) is 0 Å². The first kappa shape index (κ1) is 16.4. The number of hydrogen-bond acceptors (Lipinski definition) is 3. The molecule has 0 aromatic heterocycles. The van der Waals surface area contributed by atoms with Crippen molar-refractivity contribution in [3.05, 3.63) is 0 Å². The average Bonchev–Trinajstić information content (AvgIpc) is 2.30. The summed E-state index contributed by atoms with van der Waals surface area (Å²) >= 11 is 0. The molecule has 0 aromatic carbocycles. The van der Waals surface area contributed by atoms with Crippen LogP contribution in [-0.4, -0.2) is 43.5 Å². The molecule has 1 amide bonds. The maximum absolute atomic E-state index is 11.6. The molecule has 0 bridgehead atoms. The molecule has 17 heavy (non-hydrogen) atoms. The summed E-state index contributed by atoms with van der Waals surface area (Å²) in [5, 5.41) is 2.90. The van der Waals surface area contributed by atoms with Gasteiger partial charge in [-0.15, -0.1) is 0 Å². The number of nitrogens with two attached hydrogens (primary N) is 1. The van der Waals surface area contributed by atoms with Crippen LogP contribution in [0.1, 0.15) is 40.0 Å². The van der Waals surface area contributed by atoms with Crippen molar-refractivity contribution in [2.75, 3.05) is 26.7 Å². The highest BCUT2D eigenvalue weighted by atomic mass is 16.1. The first-order valence-corrected chi connectivity index (χ1v) is 6.68. The zero-order chi connectivity index (χ0) is 13.3. The summed E-state index contributed by atoms with van der Waals surface area (Å²) in [6.45, 7) is 8.76. The van der Waals surface area contributed by atoms with Gasteiger partial charge in [-0.2, -0.15) is 0 Å². The molecule has 0 rings (SSSR count). The van der Waals surface area contributed by atoms with E-state index in [1.165, 1.54) is 0 Å². The van der Waals surface area contributed by atoms with E-state index in [2.05, 4.69) is 31.0 Å². The van der Waals surface area contributed by atoms with Gasteiger partial charge in [0.05, 0.1) is 0 Å². The minimum Gasteiger partial charge on any atom is -0.356 e. The van der Waals surface area contributed by atoms with Gasteiger partial charge in [0.2, 0.25) is 5.91 Å². The zero-order valence-corrected chi connectivity index (χ0v) is 11.8. The molecule has 3 N–H and O–H groups in total. The van der Waals surface area contributed by atoms with Gasteiger partial charge in [-0.1, -0.05) is 20.8 Å². The first-order valence-electron chi connectivity index (χ1n) is 6.68. The Bertz CT molecular complexity index is 207. The Morgan fingerprint density at radius 2 is 2.06 bits per heavy atom. The first-order chi connectivity index (χ1) is 8.01. The smallest absolute Gasteiger partial charge is 0.221 e. The predicted molar refractivity (Wildman–Crippen MR) is 72.8 cm³/mol. The molecule has 0 aliphatic rings. The molecular formula is C13H29N3O. The van der Waals surface area contributed by atoms with Crippen molar-refractivity contribution in [3.8, 4) is 0 Å². The minimum absolute atomic E-state index is 0.110. The van der Waals surface area contributed by atoms with Gasteiger partial charge in [0, 0.05) is 25.6 Å². The number of amides is 1. The molecule has 1 unspecified atom stereocenters. The summed E-state index contributed by atoms with van der Waals surface area (Å²) in [4.78, 5) is 13.8. The third-order valence-electron chi connectivity index (χ3n) is 2.95. The molecule has 4 heteroatoms. The Morgan fingerprint density at radius 3 is 2.53 bits per heavy atom. The Balaban J connectivity index is 3.99. The number of nitrogens with zero attached hydrogens (tertiary/aromatic N) is 1. The van der Waals surface area contributed by atoms with E-state index < -0.39 is 0 Å². The fourth-order valence-corrected chi connectivity index (χ4v) is 1.61. The van der Waals surface area contributed by atoms with Crippen molar-refractivity contribution >= 4 is 5.91 Å². The number of nitrogens with one attached hydrogen (secondary N) is 1. The van der Waals surface area contributed by atoms with E-state index in [0.29, 0.717) is 18.9 Å². The molecule has 0 aromatic rings. The molecule has 0 saturated carbocycles. The van der Waals surface area contributed by atoms with Gasteiger partial charge in [0.1, 0.15) is 0 Å². The van der Waals surface area contributed by atoms with Crippen molar-refractivity contribution in [1.82, 2.24) is 10.2 Å². The molecule has 0 heterocycles. The number of rotatable bonds is 9. The van der Waals surface area contributed by atoms with E-state index in [4.69, 9.17) is 5.73 Å². The third kappa shape index (κ3) is 8.16. The van der Waals surface area contributed by atoms with Gasteiger partial charge >= 0.3 is 0 Å². The quantitative estimate of drug-likeness (QED) is 0.640. The van der Waals surface area contributed by atoms with E-state index >= 15 is 0 Å². The van der Waals surface area contributed by atoms with Crippen LogP contribution < -0.4 is 11.1 Å². The van der Waals surface area contributed by atoms with Crippen LogP contribution >= 0.6 is 0 Å². The van der Waals surface area contributed by atoms with Crippen LogP contribution in [0.25, 0.3) is 0 Å². The average molecular weight is 243 g/mol. The standard InChI is InChI=1S/C13H29N3O/c1-5-7-15-13(17)9-12(10-14)16(4)8-6-11(2)3/h11-12H,5-10,14H2,1-4H3,(H,15,17). The zero-order valence-electron chi connectivity index (χ0n) is 11.8. The van der Waals surface area contributed by atoms with E-state index in [0.717, 1.165) is 25.9 Å². The van der Waals surface area contributed by atoms with Crippen LogP contribution in [0.5, 0.6) is 0 Å². The fraction of sp³-hybridized carbons (Fsp3) is 0.923. The monoisotopic (exact) mass is 243 g/mol. The summed E-state index contributed by atoms with van der Waals surface area (Å²) < 4.78 is 0. The second-order valence-electron chi connectivity index (χ2n) is 5.11. The minimum atomic E-state index is 0.110. The second kappa shape index (κ2) is 9.42. The summed E-state index contributed by atoms with van der Waals surface area (Å²) in [5.74, 6) is 0.795. The lowest BCUT2D eigenvalue weighted by Crippen LogP contribution is -2.42. The molecule has 0 aliphatic heterocycles. The normalized spacial score (nSPS) is 13.1. The van der Waals surface area contributed by atoms with E-state index in [1.54, 1.807) is 0 Å². The van der Waals surface area contributed by atoms with Crippen LogP contribution in [-0.2, 0) is 4.79 Å². The summed E-state index contributed by atoms with van der Waals surface area (Å²) in [5.41, 5.74) is 5.74. The Labute approximate surface area is 106 Å². The second-order valence-corrected chi connectivity index (χ2v) is 5.11. The van der Waals surface area contributed by atoms with Gasteiger partial charge in [-0.05, 0) is 32.4 Å². The molecular weight excluding hydrogens is 214 g/mol. The fourth-order valence-electron chi connectivity index (χ4n) is 1.61. The lowest BCUT2D eigenvalue weighted by atomic mass is 10.1. The van der Waals surface area contributed by atoms with Gasteiger partial charge < -0.3 is 16.0 Å². The molecule has 0 radical (unpaired) electrons. The molecule has 0 aliphatic carbocycles. The third-order valence-corrected chi connectivity index (χ3v) is 2.95. The van der Waals surface area contributed by atoms with E-state index in [-0.39, 0.29) is 11.9 Å². The maximum Gasteiger partial charge on any atom is 0.221 e. The highest BCUT2D eigenvalue weighted by Gasteiger charge is 2.16. The lowest BCUT2D eigenvalue weighted by molar-refractivity contribution is -0.122. The summed E-state index contributed by atoms with van der Waals surface area (Å²) in [6, 6.07) is 0.158. The molecule has 1 atom stereocenters. The van der Waals surface area contributed by atoms with Crippen molar-refractivity contribution in [3.63, 3.8) is 0 Å². The highest BCUT2D eigenvalue weighted by molar-refractivity contribution is 5.76. The Kier molecular flexibility index (Phi) is 9.09. The molecule has 0 spiro atoms. The van der Waals surface area contributed by atoms with Crippen molar-refractivity contribution in [2.24, 2.45) is 11.7 Å². The SMILES string of the molecule is CCCNC(=O)CC(CN)N(C)CCC(C)C. The number of carbonyl (C=O) groups excluding carboxylic acids is 1. The number of likely N-dealkylation sites (N-methyl/N-ethyl adjacent to an activating group) is 1. The topological polar surface area (TPSA) is 58.4 Å². The van der Waals surface area contributed by atoms with Gasteiger partial charge in [-0.3, -0.25) is 4.79 Å². The van der Waals surface area contributed by atoms with Gasteiger partial charge in [0.15, 0.2) is 0 Å². The van der Waals surface area contributed by atoms with Crippen molar-refractivity contribution in [2.45, 2.75) is 46.1 Å². The molecule has 102 valence electrons. The highest BCUT2D eigenvalue weighted by Crippen LogP contribution is 2.06. The van der Waals surface area contributed by atoms with Crippen LogP contribution in [0.15, 0.2) is 0 Å². The predicted octanol–water partition coefficient (Wildman–Crippen LogP) is 1.21. The van der Waals surface area contributed by atoms with Crippen molar-refractivity contribution < 1.29 is 4.79 Å². The van der Waals surface area contributed by atoms with Gasteiger partial charge in [-0.25, -0.2) is 0 Å². The maximum atomic E-state index is 11.6. The van der Waals surface area contributed by atoms with Crippen LogP contribution in [0.2, 0.25) is 0 Å². The van der Waals surface area contributed by atoms with Crippen LogP contribution in [0.4, 0.5) is 0 Å². The number of carbonyl (C=O) groups is 1. The largest absolute Gasteiger partial charge is 0.356 e. The van der Waals surface area contributed by atoms with E-state index in [1.807, 2.05) is 7.05 Å². The molecule has 4 nitrogen and oxygen atoms in total. The summed E-state index contributed by atoms with van der Waals surface area (Å²) in [7, 11) is 2.05. The molecule has 0 fully saturated rings. The Hall–Kier alpha value is -0.610. The van der Waals surface area contributed by atoms with E-state index in [9.17, 15) is 4.79 Å². The van der Waals surface area contributed by atoms with Gasteiger partial charge in [0.25, 0.3) is 0 Å². The lowest BCUT2D eigenvalue weighted by Gasteiger charge is -2.27. The number of hydrogen-bond donors (Lipinski definition) is 2. The summed E-state index contributed by atoms with van der Waals surface area (Å²) in [6.07, 6.45) is 2.62.